The van der Waals surface area contributed by atoms with E-state index in [0.29, 0.717) is 16.9 Å². The number of nitrogens with one attached hydrogen (secondary N) is 2. The molecule has 0 spiro atoms. The lowest BCUT2D eigenvalue weighted by molar-refractivity contribution is -0.144. The summed E-state index contributed by atoms with van der Waals surface area (Å²) in [5, 5.41) is 25.1. The van der Waals surface area contributed by atoms with Crippen molar-refractivity contribution in [3.05, 3.63) is 29.3 Å². The number of carbonyl (C=O) groups excluding carboxylic acids is 4. The minimum absolute atomic E-state index is 0.0136. The number of thioether (sulfide) groups is 1. The van der Waals surface area contributed by atoms with E-state index < -0.39 is 48.2 Å². The Kier molecular flexibility index (Phi) is 14.0. The molecule has 1 rings (SSSR count). The van der Waals surface area contributed by atoms with Crippen molar-refractivity contribution in [2.45, 2.75) is 65.1 Å². The van der Waals surface area contributed by atoms with Gasteiger partial charge in [0.1, 0.15) is 23.4 Å². The van der Waals surface area contributed by atoms with E-state index in [1.54, 1.807) is 40.7 Å². The van der Waals surface area contributed by atoms with Crippen molar-refractivity contribution in [1.82, 2.24) is 15.5 Å². The molecule has 0 saturated carbocycles. The SMILES string of the molecule is CCOC(=O)CCNC(=O)C(c1ccc(O)c(C)c1)N(CCO)C(=O)C(CCSC)NC(=O)OC(C)(C)C. The van der Waals surface area contributed by atoms with Crippen molar-refractivity contribution in [2.24, 2.45) is 0 Å². The number of hydrogen-bond acceptors (Lipinski definition) is 9. The normalized spacial score (nSPS) is 12.7. The number of phenolic OH excluding ortho intramolecular Hbond substituents is 1. The Labute approximate surface area is 228 Å². The van der Waals surface area contributed by atoms with Gasteiger partial charge in [-0.2, -0.15) is 11.8 Å². The molecule has 0 bridgehead atoms. The van der Waals surface area contributed by atoms with Gasteiger partial charge in [0.25, 0.3) is 0 Å². The number of aryl methyl sites for hydroxylation is 1. The number of hydrogen-bond donors (Lipinski definition) is 4. The van der Waals surface area contributed by atoms with Crippen LogP contribution in [0.25, 0.3) is 0 Å². The van der Waals surface area contributed by atoms with Crippen molar-refractivity contribution in [1.29, 1.82) is 0 Å². The van der Waals surface area contributed by atoms with Crippen molar-refractivity contribution < 1.29 is 38.9 Å². The summed E-state index contributed by atoms with van der Waals surface area (Å²) in [7, 11) is 0. The van der Waals surface area contributed by atoms with Gasteiger partial charge in [-0.05, 0) is 76.3 Å². The first-order valence-corrected chi connectivity index (χ1v) is 13.9. The van der Waals surface area contributed by atoms with Crippen molar-refractivity contribution in [2.75, 3.05) is 38.3 Å². The number of aromatic hydroxyl groups is 1. The first-order valence-electron chi connectivity index (χ1n) is 12.5. The zero-order valence-electron chi connectivity index (χ0n) is 23.0. The molecule has 214 valence electrons. The van der Waals surface area contributed by atoms with Crippen LogP contribution in [0.15, 0.2) is 18.2 Å². The van der Waals surface area contributed by atoms with Crippen LogP contribution in [0.1, 0.15) is 57.7 Å². The second-order valence-corrected chi connectivity index (χ2v) is 10.5. The fourth-order valence-corrected chi connectivity index (χ4v) is 4.03. The van der Waals surface area contributed by atoms with E-state index >= 15 is 0 Å². The molecule has 0 heterocycles. The molecular formula is C26H41N3O8S. The standard InChI is InChI=1S/C26H41N3O8S/c1-7-36-21(32)10-12-27-23(33)22(18-8-9-20(31)17(2)16-18)29(13-14-30)24(34)19(11-15-38-6)28-25(35)37-26(3,4)5/h8-9,16,19,22,30-31H,7,10-15H2,1-6H3,(H,27,33)(H,28,35). The Bertz CT molecular complexity index is 951. The van der Waals surface area contributed by atoms with E-state index in [0.717, 1.165) is 0 Å². The Morgan fingerprint density at radius 3 is 2.42 bits per heavy atom. The third-order valence-corrected chi connectivity index (χ3v) is 5.90. The monoisotopic (exact) mass is 555 g/mol. The highest BCUT2D eigenvalue weighted by molar-refractivity contribution is 7.98. The summed E-state index contributed by atoms with van der Waals surface area (Å²) in [6, 6.07) is 2.24. The maximum absolute atomic E-state index is 13.8. The minimum atomic E-state index is -1.21. The number of ether oxygens (including phenoxy) is 2. The molecule has 3 amide bonds. The van der Waals surface area contributed by atoms with Gasteiger partial charge in [-0.1, -0.05) is 6.07 Å². The van der Waals surface area contributed by atoms with E-state index in [2.05, 4.69) is 10.6 Å². The average Bonchev–Trinajstić information content (AvgIpc) is 2.82. The third kappa shape index (κ3) is 11.2. The molecule has 1 aromatic rings. The van der Waals surface area contributed by atoms with Crippen LogP contribution >= 0.6 is 11.8 Å². The molecule has 0 fully saturated rings. The number of phenols is 1. The Balaban J connectivity index is 3.37. The summed E-state index contributed by atoms with van der Waals surface area (Å²) < 4.78 is 10.2. The van der Waals surface area contributed by atoms with Gasteiger partial charge in [-0.3, -0.25) is 14.4 Å². The second kappa shape index (κ2) is 16.1. The van der Waals surface area contributed by atoms with Gasteiger partial charge in [0.15, 0.2) is 0 Å². The lowest BCUT2D eigenvalue weighted by Crippen LogP contribution is -2.54. The lowest BCUT2D eigenvalue weighted by atomic mass is 10.00. The van der Waals surface area contributed by atoms with Crippen LogP contribution in [0.2, 0.25) is 0 Å². The molecule has 1 aromatic carbocycles. The summed E-state index contributed by atoms with van der Waals surface area (Å²) in [6.45, 7) is 7.96. The van der Waals surface area contributed by atoms with Crippen LogP contribution in [0.3, 0.4) is 0 Å². The summed E-state index contributed by atoms with van der Waals surface area (Å²) >= 11 is 1.48. The molecule has 2 atom stereocenters. The zero-order valence-corrected chi connectivity index (χ0v) is 23.9. The Hall–Kier alpha value is -2.99. The number of amides is 3. The maximum Gasteiger partial charge on any atom is 0.408 e. The van der Waals surface area contributed by atoms with E-state index in [1.807, 2.05) is 6.26 Å². The summed E-state index contributed by atoms with van der Waals surface area (Å²) in [6.07, 6.45) is 1.27. The Morgan fingerprint density at radius 2 is 1.87 bits per heavy atom. The van der Waals surface area contributed by atoms with Crippen LogP contribution in [-0.2, 0) is 23.9 Å². The number of alkyl carbamates (subject to hydrolysis) is 1. The van der Waals surface area contributed by atoms with E-state index in [-0.39, 0.29) is 38.3 Å². The van der Waals surface area contributed by atoms with Crippen LogP contribution in [0.5, 0.6) is 5.75 Å². The number of esters is 1. The van der Waals surface area contributed by atoms with Crippen LogP contribution < -0.4 is 10.6 Å². The first kappa shape index (κ1) is 33.0. The second-order valence-electron chi connectivity index (χ2n) is 9.53. The number of carbonyl (C=O) groups is 4. The molecule has 38 heavy (non-hydrogen) atoms. The molecule has 0 aliphatic carbocycles. The summed E-state index contributed by atoms with van der Waals surface area (Å²) in [5.74, 6) is -1.11. The molecule has 11 nitrogen and oxygen atoms in total. The molecular weight excluding hydrogens is 514 g/mol. The van der Waals surface area contributed by atoms with E-state index in [9.17, 15) is 29.4 Å². The van der Waals surface area contributed by atoms with Gasteiger partial charge in [0.2, 0.25) is 11.8 Å². The van der Waals surface area contributed by atoms with Gasteiger partial charge >= 0.3 is 12.1 Å². The first-order chi connectivity index (χ1) is 17.8. The highest BCUT2D eigenvalue weighted by atomic mass is 32.2. The zero-order chi connectivity index (χ0) is 28.9. The van der Waals surface area contributed by atoms with Gasteiger partial charge in [-0.15, -0.1) is 0 Å². The highest BCUT2D eigenvalue weighted by Crippen LogP contribution is 2.27. The molecule has 4 N–H and O–H groups in total. The van der Waals surface area contributed by atoms with Crippen LogP contribution in [-0.4, -0.2) is 88.9 Å². The highest BCUT2D eigenvalue weighted by Gasteiger charge is 2.36. The quantitative estimate of drug-likeness (QED) is 0.253. The number of nitrogens with zero attached hydrogens (tertiary/aromatic N) is 1. The van der Waals surface area contributed by atoms with Gasteiger partial charge in [0.05, 0.1) is 19.6 Å². The number of rotatable bonds is 14. The van der Waals surface area contributed by atoms with Crippen molar-refractivity contribution in [3.63, 3.8) is 0 Å². The topological polar surface area (TPSA) is 154 Å². The molecule has 12 heteroatoms. The van der Waals surface area contributed by atoms with Gasteiger partial charge < -0.3 is 35.2 Å². The fraction of sp³-hybridized carbons (Fsp3) is 0.615. The molecule has 0 aliphatic heterocycles. The number of aliphatic hydroxyl groups is 1. The number of aliphatic hydroxyl groups excluding tert-OH is 1. The Morgan fingerprint density at radius 1 is 1.18 bits per heavy atom. The number of benzene rings is 1. The lowest BCUT2D eigenvalue weighted by Gasteiger charge is -2.34. The molecule has 0 aliphatic rings. The van der Waals surface area contributed by atoms with E-state index in [4.69, 9.17) is 9.47 Å². The fourth-order valence-electron chi connectivity index (χ4n) is 3.56. The average molecular weight is 556 g/mol. The van der Waals surface area contributed by atoms with Crippen molar-refractivity contribution >= 4 is 35.6 Å². The predicted molar refractivity (Wildman–Crippen MR) is 145 cm³/mol. The van der Waals surface area contributed by atoms with Gasteiger partial charge in [0, 0.05) is 13.1 Å². The largest absolute Gasteiger partial charge is 0.508 e. The molecule has 0 radical (unpaired) electrons. The molecule has 0 saturated heterocycles. The maximum atomic E-state index is 13.8. The van der Waals surface area contributed by atoms with Crippen molar-refractivity contribution in [3.8, 4) is 5.75 Å². The smallest absolute Gasteiger partial charge is 0.408 e. The van der Waals surface area contributed by atoms with Gasteiger partial charge in [-0.25, -0.2) is 4.79 Å². The minimum Gasteiger partial charge on any atom is -0.508 e. The van der Waals surface area contributed by atoms with Crippen LogP contribution in [0.4, 0.5) is 4.79 Å². The predicted octanol–water partition coefficient (Wildman–Crippen LogP) is 2.28. The summed E-state index contributed by atoms with van der Waals surface area (Å²) in [4.78, 5) is 52.7. The molecule has 2 unspecified atom stereocenters. The van der Waals surface area contributed by atoms with Crippen LogP contribution in [0, 0.1) is 6.92 Å². The van der Waals surface area contributed by atoms with E-state index in [1.165, 1.54) is 28.8 Å². The third-order valence-electron chi connectivity index (χ3n) is 5.25. The molecule has 0 aromatic heterocycles. The summed E-state index contributed by atoms with van der Waals surface area (Å²) in [5.41, 5.74) is 0.0815.